The van der Waals surface area contributed by atoms with Gasteiger partial charge in [-0.3, -0.25) is 9.79 Å². The zero-order valence-corrected chi connectivity index (χ0v) is 11.5. The molecule has 0 saturated heterocycles. The highest BCUT2D eigenvalue weighted by Crippen LogP contribution is 2.32. The van der Waals surface area contributed by atoms with Crippen LogP contribution in [-0.2, 0) is 11.2 Å². The number of hydrogen-bond acceptors (Lipinski definition) is 4. The number of aliphatic imine (C=N–C) groups is 1. The topological polar surface area (TPSA) is 41.5 Å². The van der Waals surface area contributed by atoms with Crippen LogP contribution in [0.3, 0.4) is 0 Å². The van der Waals surface area contributed by atoms with Gasteiger partial charge in [0.25, 0.3) is 0 Å². The van der Waals surface area contributed by atoms with Crippen molar-refractivity contribution in [3.63, 3.8) is 0 Å². The largest absolute Gasteiger partial charge is 0.325 e. The van der Waals surface area contributed by atoms with Crippen molar-refractivity contribution in [1.82, 2.24) is 0 Å². The number of anilines is 1. The summed E-state index contributed by atoms with van der Waals surface area (Å²) in [4.78, 5) is 16.6. The van der Waals surface area contributed by atoms with Crippen molar-refractivity contribution >= 4 is 39.5 Å². The SMILES string of the molecule is O=C1Nc2ccccc2CC[C@H]1SC1=NCCS1. The van der Waals surface area contributed by atoms with Crippen molar-refractivity contribution < 1.29 is 4.79 Å². The van der Waals surface area contributed by atoms with Crippen molar-refractivity contribution in [1.29, 1.82) is 0 Å². The van der Waals surface area contributed by atoms with Gasteiger partial charge in [0.2, 0.25) is 5.91 Å². The van der Waals surface area contributed by atoms with Crippen LogP contribution in [0.25, 0.3) is 0 Å². The fraction of sp³-hybridized carbons (Fsp3) is 0.385. The highest BCUT2D eigenvalue weighted by atomic mass is 32.2. The maximum Gasteiger partial charge on any atom is 0.237 e. The van der Waals surface area contributed by atoms with Crippen LogP contribution in [0.4, 0.5) is 5.69 Å². The van der Waals surface area contributed by atoms with Gasteiger partial charge in [-0.1, -0.05) is 41.7 Å². The van der Waals surface area contributed by atoms with E-state index in [1.54, 1.807) is 23.5 Å². The fourth-order valence-corrected chi connectivity index (χ4v) is 4.33. The zero-order chi connectivity index (χ0) is 12.4. The molecule has 2 heterocycles. The Balaban J connectivity index is 1.74. The fourth-order valence-electron chi connectivity index (χ4n) is 2.11. The van der Waals surface area contributed by atoms with Crippen LogP contribution in [0.1, 0.15) is 12.0 Å². The molecule has 0 radical (unpaired) electrons. The molecule has 1 aromatic carbocycles. The predicted octanol–water partition coefficient (Wildman–Crippen LogP) is 2.78. The van der Waals surface area contributed by atoms with E-state index in [1.165, 1.54) is 5.56 Å². The molecule has 0 aromatic heterocycles. The average Bonchev–Trinajstić information content (AvgIpc) is 2.83. The Kier molecular flexibility index (Phi) is 3.61. The van der Waals surface area contributed by atoms with E-state index in [-0.39, 0.29) is 11.2 Å². The van der Waals surface area contributed by atoms with Crippen LogP contribution in [0.15, 0.2) is 29.3 Å². The Bertz CT molecular complexity index is 502. The number of nitrogens with zero attached hydrogens (tertiary/aromatic N) is 1. The standard InChI is InChI=1S/C13H14N2OS2/c16-12-11(18-13-14-7-8-17-13)6-5-9-3-1-2-4-10(9)15-12/h1-4,11H,5-8H2,(H,15,16)/t11-/m1/s1. The lowest BCUT2D eigenvalue weighted by atomic mass is 10.1. The number of thioether (sulfide) groups is 2. The number of hydrogen-bond donors (Lipinski definition) is 1. The lowest BCUT2D eigenvalue weighted by Crippen LogP contribution is -2.24. The first-order valence-electron chi connectivity index (χ1n) is 6.05. The van der Waals surface area contributed by atoms with Gasteiger partial charge in [-0.25, -0.2) is 0 Å². The number of rotatable bonds is 1. The number of para-hydroxylation sites is 1. The second-order valence-corrected chi connectivity index (χ2v) is 6.82. The van der Waals surface area contributed by atoms with Crippen molar-refractivity contribution in [2.75, 3.05) is 17.6 Å². The maximum atomic E-state index is 12.2. The van der Waals surface area contributed by atoms with Crippen molar-refractivity contribution in [3.8, 4) is 0 Å². The molecule has 3 nitrogen and oxygen atoms in total. The van der Waals surface area contributed by atoms with Gasteiger partial charge in [-0.05, 0) is 24.5 Å². The summed E-state index contributed by atoms with van der Waals surface area (Å²) in [5, 5.41) is 3.01. The Hall–Kier alpha value is -0.940. The maximum absolute atomic E-state index is 12.2. The Morgan fingerprint density at radius 3 is 3.11 bits per heavy atom. The summed E-state index contributed by atoms with van der Waals surface area (Å²) in [6, 6.07) is 8.05. The van der Waals surface area contributed by atoms with E-state index in [1.807, 2.05) is 18.2 Å². The van der Waals surface area contributed by atoms with Gasteiger partial charge < -0.3 is 5.32 Å². The first-order chi connectivity index (χ1) is 8.83. The van der Waals surface area contributed by atoms with E-state index in [9.17, 15) is 4.79 Å². The van der Waals surface area contributed by atoms with Gasteiger partial charge in [0.15, 0.2) is 0 Å². The molecule has 1 N–H and O–H groups in total. The summed E-state index contributed by atoms with van der Waals surface area (Å²) in [5.41, 5.74) is 2.20. The van der Waals surface area contributed by atoms with Crippen LogP contribution in [0.5, 0.6) is 0 Å². The third-order valence-corrected chi connectivity index (χ3v) is 5.51. The van der Waals surface area contributed by atoms with Crippen LogP contribution in [0.2, 0.25) is 0 Å². The second-order valence-electron chi connectivity index (χ2n) is 4.29. The quantitative estimate of drug-likeness (QED) is 0.859. The molecule has 0 saturated carbocycles. The smallest absolute Gasteiger partial charge is 0.237 e. The molecule has 0 fully saturated rings. The molecule has 0 unspecified atom stereocenters. The highest BCUT2D eigenvalue weighted by Gasteiger charge is 2.26. The summed E-state index contributed by atoms with van der Waals surface area (Å²) in [6.45, 7) is 0.890. The van der Waals surface area contributed by atoms with Crippen molar-refractivity contribution in [3.05, 3.63) is 29.8 Å². The van der Waals surface area contributed by atoms with E-state index < -0.39 is 0 Å². The minimum absolute atomic E-state index is 0.0123. The summed E-state index contributed by atoms with van der Waals surface area (Å²) in [5.74, 6) is 1.16. The van der Waals surface area contributed by atoms with Gasteiger partial charge in [0.05, 0.1) is 11.8 Å². The highest BCUT2D eigenvalue weighted by molar-refractivity contribution is 8.39. The summed E-state index contributed by atoms with van der Waals surface area (Å²) in [6.07, 6.45) is 1.83. The molecule has 3 rings (SSSR count). The molecule has 2 aliphatic rings. The normalized spacial score (nSPS) is 23.0. The molecule has 0 spiro atoms. The van der Waals surface area contributed by atoms with Gasteiger partial charge in [0, 0.05) is 11.4 Å². The van der Waals surface area contributed by atoms with Crippen LogP contribution in [0, 0.1) is 0 Å². The molecular weight excluding hydrogens is 264 g/mol. The zero-order valence-electron chi connectivity index (χ0n) is 9.89. The average molecular weight is 278 g/mol. The van der Waals surface area contributed by atoms with E-state index in [4.69, 9.17) is 0 Å². The summed E-state index contributed by atoms with van der Waals surface area (Å²) < 4.78 is 1.07. The molecule has 2 aliphatic heterocycles. The predicted molar refractivity (Wildman–Crippen MR) is 79.5 cm³/mol. The van der Waals surface area contributed by atoms with Crippen molar-refractivity contribution in [2.24, 2.45) is 4.99 Å². The van der Waals surface area contributed by atoms with E-state index in [0.717, 1.165) is 35.2 Å². The molecular formula is C13H14N2OS2. The molecule has 1 atom stereocenters. The minimum atomic E-state index is -0.0123. The number of fused-ring (bicyclic) bond motifs is 1. The minimum Gasteiger partial charge on any atom is -0.325 e. The molecule has 0 bridgehead atoms. The molecule has 1 aromatic rings. The third-order valence-electron chi connectivity index (χ3n) is 3.04. The van der Waals surface area contributed by atoms with Crippen molar-refractivity contribution in [2.45, 2.75) is 18.1 Å². The molecule has 0 aliphatic carbocycles. The third kappa shape index (κ3) is 2.57. The number of nitrogens with one attached hydrogen (secondary N) is 1. The number of amides is 1. The molecule has 18 heavy (non-hydrogen) atoms. The second kappa shape index (κ2) is 5.36. The summed E-state index contributed by atoms with van der Waals surface area (Å²) >= 11 is 3.38. The monoisotopic (exact) mass is 278 g/mol. The number of aryl methyl sites for hydroxylation is 1. The summed E-state index contributed by atoms with van der Waals surface area (Å²) in [7, 11) is 0. The number of carbonyl (C=O) groups is 1. The first kappa shape index (κ1) is 12.1. The lowest BCUT2D eigenvalue weighted by molar-refractivity contribution is -0.115. The van der Waals surface area contributed by atoms with Crippen LogP contribution < -0.4 is 5.32 Å². The number of benzene rings is 1. The molecule has 5 heteroatoms. The van der Waals surface area contributed by atoms with Gasteiger partial charge >= 0.3 is 0 Å². The Morgan fingerprint density at radius 2 is 2.28 bits per heavy atom. The first-order valence-corrected chi connectivity index (χ1v) is 7.92. The Labute approximate surface area is 115 Å². The van der Waals surface area contributed by atoms with E-state index >= 15 is 0 Å². The number of carbonyl (C=O) groups excluding carboxylic acids is 1. The van der Waals surface area contributed by atoms with E-state index in [2.05, 4.69) is 16.4 Å². The van der Waals surface area contributed by atoms with Crippen LogP contribution in [-0.4, -0.2) is 27.8 Å². The lowest BCUT2D eigenvalue weighted by Gasteiger charge is -2.11. The molecule has 1 amide bonds. The van der Waals surface area contributed by atoms with E-state index in [0.29, 0.717) is 0 Å². The van der Waals surface area contributed by atoms with Gasteiger partial charge in [-0.15, -0.1) is 0 Å². The van der Waals surface area contributed by atoms with Gasteiger partial charge in [0.1, 0.15) is 4.38 Å². The van der Waals surface area contributed by atoms with Crippen LogP contribution >= 0.6 is 23.5 Å². The van der Waals surface area contributed by atoms with Gasteiger partial charge in [-0.2, -0.15) is 0 Å². The molecule has 94 valence electrons. The Morgan fingerprint density at radius 1 is 1.39 bits per heavy atom.